The molecule has 0 spiro atoms. The molecule has 0 amide bonds. The molecule has 1 aromatic rings. The van der Waals surface area contributed by atoms with E-state index in [2.05, 4.69) is 44.4 Å². The van der Waals surface area contributed by atoms with Gasteiger partial charge in [-0.25, -0.2) is 0 Å². The lowest BCUT2D eigenvalue weighted by molar-refractivity contribution is 0.138. The SMILES string of the molecule is CNC(CC1CC1)c1ccc2c(c1)CC(C)(C)O2. The van der Waals surface area contributed by atoms with E-state index < -0.39 is 0 Å². The van der Waals surface area contributed by atoms with E-state index in [0.29, 0.717) is 6.04 Å². The zero-order chi connectivity index (χ0) is 12.8. The van der Waals surface area contributed by atoms with Crippen molar-refractivity contribution in [2.45, 2.75) is 51.2 Å². The van der Waals surface area contributed by atoms with Gasteiger partial charge in [-0.3, -0.25) is 0 Å². The number of benzene rings is 1. The Morgan fingerprint density at radius 2 is 2.17 bits per heavy atom. The van der Waals surface area contributed by atoms with Crippen molar-refractivity contribution in [3.05, 3.63) is 29.3 Å². The minimum atomic E-state index is -0.0351. The van der Waals surface area contributed by atoms with E-state index >= 15 is 0 Å². The number of ether oxygens (including phenoxy) is 1. The first-order chi connectivity index (χ1) is 8.57. The highest BCUT2D eigenvalue weighted by Gasteiger charge is 2.31. The van der Waals surface area contributed by atoms with Gasteiger partial charge in [0.2, 0.25) is 0 Å². The van der Waals surface area contributed by atoms with Gasteiger partial charge in [-0.2, -0.15) is 0 Å². The Morgan fingerprint density at radius 3 is 2.83 bits per heavy atom. The van der Waals surface area contributed by atoms with Gasteiger partial charge in [0.15, 0.2) is 0 Å². The van der Waals surface area contributed by atoms with Crippen LogP contribution in [-0.2, 0) is 6.42 Å². The van der Waals surface area contributed by atoms with Gasteiger partial charge in [0.05, 0.1) is 0 Å². The zero-order valence-corrected chi connectivity index (χ0v) is 11.6. The predicted octanol–water partition coefficient (Wildman–Crippen LogP) is 3.46. The topological polar surface area (TPSA) is 21.3 Å². The Morgan fingerprint density at radius 1 is 1.39 bits per heavy atom. The second kappa shape index (κ2) is 4.27. The Bertz CT molecular complexity index is 448. The van der Waals surface area contributed by atoms with Crippen molar-refractivity contribution < 1.29 is 4.74 Å². The maximum atomic E-state index is 5.94. The Balaban J connectivity index is 1.81. The zero-order valence-electron chi connectivity index (χ0n) is 11.6. The van der Waals surface area contributed by atoms with Crippen LogP contribution in [0.1, 0.15) is 50.3 Å². The van der Waals surface area contributed by atoms with E-state index in [4.69, 9.17) is 4.74 Å². The molecule has 0 radical (unpaired) electrons. The number of nitrogens with one attached hydrogen (secondary N) is 1. The van der Waals surface area contributed by atoms with Gasteiger partial charge in [0, 0.05) is 12.5 Å². The largest absolute Gasteiger partial charge is 0.487 e. The standard InChI is InChI=1S/C16H23NO/c1-16(2)10-13-9-12(6-7-15(13)18-16)14(17-3)8-11-4-5-11/h6-7,9,11,14,17H,4-5,8,10H2,1-3H3. The molecule has 0 saturated heterocycles. The highest BCUT2D eigenvalue weighted by atomic mass is 16.5. The fourth-order valence-electron chi connectivity index (χ4n) is 2.95. The average Bonchev–Trinajstić information content (AvgIpc) is 3.06. The van der Waals surface area contributed by atoms with Crippen molar-refractivity contribution >= 4 is 0 Å². The van der Waals surface area contributed by atoms with Crippen molar-refractivity contribution in [2.24, 2.45) is 5.92 Å². The third kappa shape index (κ3) is 2.39. The van der Waals surface area contributed by atoms with Crippen molar-refractivity contribution in [1.29, 1.82) is 0 Å². The fraction of sp³-hybridized carbons (Fsp3) is 0.625. The summed E-state index contributed by atoms with van der Waals surface area (Å²) < 4.78 is 5.94. The summed E-state index contributed by atoms with van der Waals surface area (Å²) in [4.78, 5) is 0. The van der Waals surface area contributed by atoms with Gasteiger partial charge < -0.3 is 10.1 Å². The minimum absolute atomic E-state index is 0.0351. The smallest absolute Gasteiger partial charge is 0.123 e. The highest BCUT2D eigenvalue weighted by molar-refractivity contribution is 5.42. The second-order valence-corrected chi connectivity index (χ2v) is 6.43. The molecule has 1 fully saturated rings. The molecule has 1 heterocycles. The molecule has 1 saturated carbocycles. The summed E-state index contributed by atoms with van der Waals surface area (Å²) in [7, 11) is 2.07. The molecule has 3 rings (SSSR count). The molecule has 18 heavy (non-hydrogen) atoms. The summed E-state index contributed by atoms with van der Waals surface area (Å²) in [5.41, 5.74) is 2.75. The molecule has 1 atom stereocenters. The molecule has 1 aliphatic heterocycles. The van der Waals surface area contributed by atoms with Crippen LogP contribution in [0.4, 0.5) is 0 Å². The van der Waals surface area contributed by atoms with Crippen molar-refractivity contribution in [3.63, 3.8) is 0 Å². The third-order valence-corrected chi connectivity index (χ3v) is 4.10. The van der Waals surface area contributed by atoms with Crippen LogP contribution < -0.4 is 10.1 Å². The van der Waals surface area contributed by atoms with Gasteiger partial charge in [0.1, 0.15) is 11.4 Å². The van der Waals surface area contributed by atoms with Crippen molar-refractivity contribution in [2.75, 3.05) is 7.05 Å². The van der Waals surface area contributed by atoms with Crippen LogP contribution >= 0.6 is 0 Å². The van der Waals surface area contributed by atoms with E-state index in [0.717, 1.165) is 18.1 Å². The molecular weight excluding hydrogens is 222 g/mol. The van der Waals surface area contributed by atoms with Gasteiger partial charge in [0.25, 0.3) is 0 Å². The van der Waals surface area contributed by atoms with Crippen LogP contribution in [-0.4, -0.2) is 12.6 Å². The monoisotopic (exact) mass is 245 g/mol. The first kappa shape index (κ1) is 12.0. The van der Waals surface area contributed by atoms with Crippen LogP contribution in [0.3, 0.4) is 0 Å². The molecule has 2 nitrogen and oxygen atoms in total. The molecule has 2 heteroatoms. The number of hydrogen-bond donors (Lipinski definition) is 1. The van der Waals surface area contributed by atoms with Crippen molar-refractivity contribution in [1.82, 2.24) is 5.32 Å². The highest BCUT2D eigenvalue weighted by Crippen LogP contribution is 2.40. The summed E-state index contributed by atoms with van der Waals surface area (Å²) in [6.45, 7) is 4.32. The normalized spacial score (nSPS) is 22.4. The number of fused-ring (bicyclic) bond motifs is 1. The lowest BCUT2D eigenvalue weighted by Crippen LogP contribution is -2.24. The predicted molar refractivity (Wildman–Crippen MR) is 74.0 cm³/mol. The summed E-state index contributed by atoms with van der Waals surface area (Å²) in [6.07, 6.45) is 5.13. The van der Waals surface area contributed by atoms with Gasteiger partial charge in [-0.05, 0) is 50.4 Å². The lowest BCUT2D eigenvalue weighted by Gasteiger charge is -2.17. The molecule has 1 N–H and O–H groups in total. The van der Waals surface area contributed by atoms with E-state index in [1.54, 1.807) is 0 Å². The molecule has 0 aromatic heterocycles. The summed E-state index contributed by atoms with van der Waals surface area (Å²) in [6, 6.07) is 7.22. The second-order valence-electron chi connectivity index (χ2n) is 6.43. The molecule has 1 aliphatic carbocycles. The van der Waals surface area contributed by atoms with Crippen LogP contribution in [0.5, 0.6) is 5.75 Å². The fourth-order valence-corrected chi connectivity index (χ4v) is 2.95. The van der Waals surface area contributed by atoms with E-state index in [9.17, 15) is 0 Å². The van der Waals surface area contributed by atoms with Gasteiger partial charge in [-0.15, -0.1) is 0 Å². The van der Waals surface area contributed by atoms with Crippen LogP contribution in [0.2, 0.25) is 0 Å². The van der Waals surface area contributed by atoms with E-state index in [1.807, 2.05) is 0 Å². The molecule has 0 bridgehead atoms. The summed E-state index contributed by atoms with van der Waals surface area (Å²) in [5.74, 6) is 2.02. The Labute approximate surface area is 110 Å². The van der Waals surface area contributed by atoms with Crippen LogP contribution in [0.25, 0.3) is 0 Å². The third-order valence-electron chi connectivity index (χ3n) is 4.10. The molecule has 1 aromatic carbocycles. The quantitative estimate of drug-likeness (QED) is 0.877. The van der Waals surface area contributed by atoms with Gasteiger partial charge in [-0.1, -0.05) is 25.0 Å². The van der Waals surface area contributed by atoms with Crippen LogP contribution in [0, 0.1) is 5.92 Å². The molecule has 1 unspecified atom stereocenters. The first-order valence-electron chi connectivity index (χ1n) is 7.06. The lowest BCUT2D eigenvalue weighted by atomic mass is 9.96. The van der Waals surface area contributed by atoms with E-state index in [-0.39, 0.29) is 5.60 Å². The Kier molecular flexibility index (Phi) is 2.86. The molecule has 2 aliphatic rings. The first-order valence-corrected chi connectivity index (χ1v) is 7.06. The maximum Gasteiger partial charge on any atom is 0.123 e. The summed E-state index contributed by atoms with van der Waals surface area (Å²) >= 11 is 0. The average molecular weight is 245 g/mol. The van der Waals surface area contributed by atoms with Gasteiger partial charge >= 0.3 is 0 Å². The molecular formula is C16H23NO. The van der Waals surface area contributed by atoms with Crippen LogP contribution in [0.15, 0.2) is 18.2 Å². The Hall–Kier alpha value is -1.02. The number of rotatable bonds is 4. The summed E-state index contributed by atoms with van der Waals surface area (Å²) in [5, 5.41) is 3.46. The number of hydrogen-bond acceptors (Lipinski definition) is 2. The minimum Gasteiger partial charge on any atom is -0.487 e. The molecule has 98 valence electrons. The van der Waals surface area contributed by atoms with Crippen molar-refractivity contribution in [3.8, 4) is 5.75 Å². The maximum absolute atomic E-state index is 5.94. The van der Waals surface area contributed by atoms with E-state index in [1.165, 1.54) is 30.4 Å².